The quantitative estimate of drug-likeness (QED) is 0.715. The maximum atomic E-state index is 13.1. The number of methoxy groups -OCH3 is 1. The van der Waals surface area contributed by atoms with Gasteiger partial charge in [-0.15, -0.1) is 0 Å². The first kappa shape index (κ1) is 22.1. The fourth-order valence-electron chi connectivity index (χ4n) is 3.27. The van der Waals surface area contributed by atoms with Crippen LogP contribution in [0.5, 0.6) is 5.75 Å². The molecule has 162 valence electrons. The minimum absolute atomic E-state index is 0.0759. The fraction of sp³-hybridized carbons (Fsp3) is 0.381. The van der Waals surface area contributed by atoms with Crippen molar-refractivity contribution in [3.8, 4) is 5.75 Å². The molecule has 1 N–H and O–H groups in total. The molecule has 0 atom stereocenters. The Morgan fingerprint density at radius 1 is 1.17 bits per heavy atom. The zero-order valence-electron chi connectivity index (χ0n) is 17.4. The van der Waals surface area contributed by atoms with Crippen LogP contribution in [0.1, 0.15) is 15.9 Å². The van der Waals surface area contributed by atoms with E-state index in [0.29, 0.717) is 43.3 Å². The second-order valence-electron chi connectivity index (χ2n) is 7.06. The summed E-state index contributed by atoms with van der Waals surface area (Å²) in [7, 11) is 0.838. The lowest BCUT2D eigenvalue weighted by Gasteiger charge is -2.30. The summed E-state index contributed by atoms with van der Waals surface area (Å²) in [4.78, 5) is 15.2. The van der Waals surface area contributed by atoms with E-state index < -0.39 is 10.0 Å². The van der Waals surface area contributed by atoms with Crippen LogP contribution >= 0.6 is 0 Å². The highest BCUT2D eigenvalue weighted by atomic mass is 32.2. The predicted molar refractivity (Wildman–Crippen MR) is 115 cm³/mol. The van der Waals surface area contributed by atoms with Crippen molar-refractivity contribution in [1.29, 1.82) is 0 Å². The summed E-state index contributed by atoms with van der Waals surface area (Å²) in [5.74, 6) is 0.327. The Hall–Kier alpha value is -2.62. The van der Waals surface area contributed by atoms with Gasteiger partial charge in [-0.3, -0.25) is 4.79 Å². The number of nitrogens with one attached hydrogen (secondary N) is 1. The second-order valence-corrected chi connectivity index (χ2v) is 9.21. The van der Waals surface area contributed by atoms with Crippen molar-refractivity contribution in [2.75, 3.05) is 52.4 Å². The molecule has 1 aliphatic heterocycles. The van der Waals surface area contributed by atoms with E-state index in [4.69, 9.17) is 9.47 Å². The van der Waals surface area contributed by atoms with E-state index in [9.17, 15) is 13.2 Å². The number of ether oxygens (including phenoxy) is 2. The number of hydrogen-bond donors (Lipinski definition) is 1. The molecule has 0 radical (unpaired) electrons. The molecule has 2 aromatic carbocycles. The Morgan fingerprint density at radius 3 is 2.53 bits per heavy atom. The smallest absolute Gasteiger partial charge is 0.253 e. The van der Waals surface area contributed by atoms with Crippen LogP contribution in [0.25, 0.3) is 0 Å². The molecule has 1 fully saturated rings. The number of carbonyl (C=O) groups is 1. The van der Waals surface area contributed by atoms with Crippen molar-refractivity contribution < 1.29 is 22.7 Å². The zero-order valence-corrected chi connectivity index (χ0v) is 18.2. The third-order valence-electron chi connectivity index (χ3n) is 4.97. The molecular weight excluding hydrogens is 406 g/mol. The molecule has 1 amide bonds. The second kappa shape index (κ2) is 9.46. The average molecular weight is 434 g/mol. The number of morpholine rings is 1. The van der Waals surface area contributed by atoms with Crippen LogP contribution in [0, 0.1) is 0 Å². The summed E-state index contributed by atoms with van der Waals surface area (Å²) in [5, 5.41) is 2.89. The van der Waals surface area contributed by atoms with E-state index in [1.54, 1.807) is 13.2 Å². The largest absolute Gasteiger partial charge is 0.496 e. The Balaban J connectivity index is 1.93. The first-order valence-electron chi connectivity index (χ1n) is 9.64. The van der Waals surface area contributed by atoms with E-state index >= 15 is 0 Å². The molecule has 30 heavy (non-hydrogen) atoms. The predicted octanol–water partition coefficient (Wildman–Crippen LogP) is 1.71. The van der Waals surface area contributed by atoms with Crippen molar-refractivity contribution in [3.05, 3.63) is 53.6 Å². The van der Waals surface area contributed by atoms with Gasteiger partial charge in [-0.25, -0.2) is 12.7 Å². The zero-order chi connectivity index (χ0) is 21.7. The third-order valence-corrected chi connectivity index (χ3v) is 6.79. The normalized spacial score (nSPS) is 14.6. The number of hydrogen-bond acceptors (Lipinski definition) is 6. The molecule has 2 aromatic rings. The van der Waals surface area contributed by atoms with E-state index in [1.807, 2.05) is 29.2 Å². The van der Waals surface area contributed by atoms with Gasteiger partial charge in [-0.1, -0.05) is 18.2 Å². The summed E-state index contributed by atoms with van der Waals surface area (Å²) in [6.45, 7) is 2.63. The lowest BCUT2D eigenvalue weighted by molar-refractivity contribution is 0.0949. The summed E-state index contributed by atoms with van der Waals surface area (Å²) < 4.78 is 37.1. The number of para-hydroxylation sites is 1. The molecule has 1 aliphatic rings. The molecule has 8 nitrogen and oxygen atoms in total. The Labute approximate surface area is 177 Å². The molecule has 0 unspecified atom stereocenters. The van der Waals surface area contributed by atoms with Gasteiger partial charge < -0.3 is 19.7 Å². The van der Waals surface area contributed by atoms with Gasteiger partial charge in [0, 0.05) is 45.0 Å². The monoisotopic (exact) mass is 433 g/mol. The van der Waals surface area contributed by atoms with Gasteiger partial charge in [0.25, 0.3) is 5.91 Å². The lowest BCUT2D eigenvalue weighted by Crippen LogP contribution is -2.38. The van der Waals surface area contributed by atoms with Gasteiger partial charge in [-0.2, -0.15) is 0 Å². The molecule has 3 rings (SSSR count). The molecular formula is C21H27N3O5S. The van der Waals surface area contributed by atoms with Crippen molar-refractivity contribution in [2.24, 2.45) is 0 Å². The Morgan fingerprint density at radius 2 is 1.87 bits per heavy atom. The number of benzene rings is 2. The third kappa shape index (κ3) is 4.75. The lowest BCUT2D eigenvalue weighted by atomic mass is 10.1. The molecule has 9 heteroatoms. The number of sulfonamides is 1. The van der Waals surface area contributed by atoms with Crippen LogP contribution in [0.2, 0.25) is 0 Å². The summed E-state index contributed by atoms with van der Waals surface area (Å²) in [6.07, 6.45) is 0. The SMILES string of the molecule is COc1ccccc1CNC(=O)c1cc(S(=O)(=O)N(C)C)ccc1N1CCOCC1. The molecule has 1 saturated heterocycles. The van der Waals surface area contributed by atoms with Crippen molar-refractivity contribution >= 4 is 21.6 Å². The molecule has 0 bridgehead atoms. The Kier molecular flexibility index (Phi) is 6.96. The number of carbonyl (C=O) groups excluding carboxylic acids is 1. The van der Waals surface area contributed by atoms with Gasteiger partial charge in [0.2, 0.25) is 10.0 Å². The van der Waals surface area contributed by atoms with Crippen LogP contribution in [0.4, 0.5) is 5.69 Å². The Bertz CT molecular complexity index is 1000. The number of anilines is 1. The van der Waals surface area contributed by atoms with Crippen LogP contribution < -0.4 is 15.0 Å². The summed E-state index contributed by atoms with van der Waals surface area (Å²) in [5.41, 5.74) is 1.83. The van der Waals surface area contributed by atoms with Crippen molar-refractivity contribution in [2.45, 2.75) is 11.4 Å². The van der Waals surface area contributed by atoms with Gasteiger partial charge >= 0.3 is 0 Å². The van der Waals surface area contributed by atoms with E-state index in [1.165, 1.54) is 26.2 Å². The standard InChI is InChI=1S/C21H27N3O5S/c1-23(2)30(26,27)17-8-9-19(24-10-12-29-13-11-24)18(14-17)21(25)22-15-16-6-4-5-7-20(16)28-3/h4-9,14H,10-13,15H2,1-3H3,(H,22,25). The highest BCUT2D eigenvalue weighted by molar-refractivity contribution is 7.89. The van der Waals surface area contributed by atoms with Crippen LogP contribution in [0.3, 0.4) is 0 Å². The fourth-order valence-corrected chi connectivity index (χ4v) is 4.20. The van der Waals surface area contributed by atoms with E-state index in [-0.39, 0.29) is 17.3 Å². The number of amides is 1. The van der Waals surface area contributed by atoms with Gasteiger partial charge in [0.1, 0.15) is 5.75 Å². The van der Waals surface area contributed by atoms with Gasteiger partial charge in [0.05, 0.1) is 30.8 Å². The highest BCUT2D eigenvalue weighted by Crippen LogP contribution is 2.26. The maximum Gasteiger partial charge on any atom is 0.253 e. The molecule has 0 aromatic heterocycles. The molecule has 0 aliphatic carbocycles. The van der Waals surface area contributed by atoms with Gasteiger partial charge in [-0.05, 0) is 24.3 Å². The van der Waals surface area contributed by atoms with Gasteiger partial charge in [0.15, 0.2) is 0 Å². The first-order chi connectivity index (χ1) is 14.3. The van der Waals surface area contributed by atoms with Crippen molar-refractivity contribution in [3.63, 3.8) is 0 Å². The minimum atomic E-state index is -3.67. The minimum Gasteiger partial charge on any atom is -0.496 e. The van der Waals surface area contributed by atoms with E-state index in [0.717, 1.165) is 9.87 Å². The molecule has 1 heterocycles. The first-order valence-corrected chi connectivity index (χ1v) is 11.1. The highest BCUT2D eigenvalue weighted by Gasteiger charge is 2.24. The number of rotatable bonds is 7. The van der Waals surface area contributed by atoms with Crippen LogP contribution in [-0.4, -0.2) is 66.1 Å². The molecule has 0 saturated carbocycles. The number of nitrogens with zero attached hydrogens (tertiary/aromatic N) is 2. The van der Waals surface area contributed by atoms with E-state index in [2.05, 4.69) is 5.32 Å². The molecule has 0 spiro atoms. The average Bonchev–Trinajstić information content (AvgIpc) is 2.77. The summed E-state index contributed by atoms with van der Waals surface area (Å²) >= 11 is 0. The van der Waals surface area contributed by atoms with Crippen LogP contribution in [0.15, 0.2) is 47.4 Å². The van der Waals surface area contributed by atoms with Crippen molar-refractivity contribution in [1.82, 2.24) is 9.62 Å². The van der Waals surface area contributed by atoms with Crippen LogP contribution in [-0.2, 0) is 21.3 Å². The topological polar surface area (TPSA) is 88.2 Å². The maximum absolute atomic E-state index is 13.1. The summed E-state index contributed by atoms with van der Waals surface area (Å²) in [6, 6.07) is 12.1.